The molecule has 0 radical (unpaired) electrons. The van der Waals surface area contributed by atoms with E-state index in [1.54, 1.807) is 10.9 Å². The van der Waals surface area contributed by atoms with Gasteiger partial charge in [-0.25, -0.2) is 0 Å². The van der Waals surface area contributed by atoms with Crippen LogP contribution in [0.5, 0.6) is 0 Å². The van der Waals surface area contributed by atoms with Crippen LogP contribution in [0.1, 0.15) is 74.6 Å². The van der Waals surface area contributed by atoms with Crippen LogP contribution < -0.4 is 11.1 Å². The molecule has 4 aliphatic rings. The minimum Gasteiger partial charge on any atom is -0.365 e. The van der Waals surface area contributed by atoms with Crippen molar-refractivity contribution in [2.75, 3.05) is 18.4 Å². The number of primary amides is 1. The average molecular weight is 411 g/mol. The van der Waals surface area contributed by atoms with Crippen molar-refractivity contribution in [3.63, 3.8) is 0 Å². The van der Waals surface area contributed by atoms with Gasteiger partial charge in [0, 0.05) is 31.2 Å². The van der Waals surface area contributed by atoms with E-state index in [1.165, 1.54) is 32.4 Å². The number of nitrogens with two attached hydrogens (primary N) is 1. The standard InChI is InChI=1S/C22H30N6O2/c23-11-10-22(8-4-16(5-9-22)27-13-21(14-27)6-1-7-21)28-12-17(18(24)29)19(26-28)25-20(30)15-2-3-15/h12,15-16H,1-10,13-14H2,(H2,24,29)(H,25,26,30)/t16-,22-. The van der Waals surface area contributed by atoms with E-state index >= 15 is 0 Å². The number of amides is 2. The number of anilines is 1. The van der Waals surface area contributed by atoms with Crippen molar-refractivity contribution in [3.05, 3.63) is 11.8 Å². The summed E-state index contributed by atoms with van der Waals surface area (Å²) in [6.07, 6.45) is 11.6. The summed E-state index contributed by atoms with van der Waals surface area (Å²) in [7, 11) is 0. The van der Waals surface area contributed by atoms with Crippen LogP contribution in [0.15, 0.2) is 6.20 Å². The normalized spacial score (nSPS) is 30.2. The SMILES string of the molecule is N#CC[C@]1(n2cc(C(N)=O)c(NC(=O)C3CC3)n2)CC[C@H](N2CC3(CCC3)C2)CC1. The topological polar surface area (TPSA) is 117 Å². The van der Waals surface area contributed by atoms with E-state index in [9.17, 15) is 14.9 Å². The van der Waals surface area contributed by atoms with Gasteiger partial charge in [-0.1, -0.05) is 6.42 Å². The van der Waals surface area contributed by atoms with E-state index in [-0.39, 0.29) is 23.2 Å². The first-order chi connectivity index (χ1) is 14.4. The lowest BCUT2D eigenvalue weighted by Gasteiger charge is -2.59. The van der Waals surface area contributed by atoms with Gasteiger partial charge in [-0.3, -0.25) is 19.2 Å². The van der Waals surface area contributed by atoms with E-state index in [4.69, 9.17) is 5.73 Å². The highest BCUT2D eigenvalue weighted by Gasteiger charge is 2.50. The second-order valence-corrected chi connectivity index (χ2v) is 10.0. The Morgan fingerprint density at radius 1 is 1.20 bits per heavy atom. The molecule has 160 valence electrons. The molecule has 2 heterocycles. The molecule has 2 amide bonds. The van der Waals surface area contributed by atoms with Crippen molar-refractivity contribution in [3.8, 4) is 6.07 Å². The minimum absolute atomic E-state index is 0.00914. The van der Waals surface area contributed by atoms with Crippen LogP contribution in [0.2, 0.25) is 0 Å². The molecule has 5 rings (SSSR count). The predicted molar refractivity (Wildman–Crippen MR) is 110 cm³/mol. The van der Waals surface area contributed by atoms with Gasteiger partial charge in [-0.15, -0.1) is 0 Å². The number of carbonyl (C=O) groups is 2. The lowest BCUT2D eigenvalue weighted by molar-refractivity contribution is -0.117. The summed E-state index contributed by atoms with van der Waals surface area (Å²) in [5.74, 6) is -0.480. The number of nitrogens with zero attached hydrogens (tertiary/aromatic N) is 4. The monoisotopic (exact) mass is 410 g/mol. The summed E-state index contributed by atoms with van der Waals surface area (Å²) in [6.45, 7) is 2.46. The summed E-state index contributed by atoms with van der Waals surface area (Å²) < 4.78 is 1.75. The van der Waals surface area contributed by atoms with E-state index in [2.05, 4.69) is 21.4 Å². The van der Waals surface area contributed by atoms with Crippen LogP contribution in [0.3, 0.4) is 0 Å². The lowest BCUT2D eigenvalue weighted by Crippen LogP contribution is -2.63. The van der Waals surface area contributed by atoms with Gasteiger partial charge in [0.1, 0.15) is 5.56 Å². The average Bonchev–Trinajstić information content (AvgIpc) is 3.41. The molecule has 3 aliphatic carbocycles. The molecule has 0 bridgehead atoms. The van der Waals surface area contributed by atoms with Crippen molar-refractivity contribution in [1.82, 2.24) is 14.7 Å². The minimum atomic E-state index is -0.612. The Labute approximate surface area is 176 Å². The van der Waals surface area contributed by atoms with Crippen molar-refractivity contribution < 1.29 is 9.59 Å². The summed E-state index contributed by atoms with van der Waals surface area (Å²) >= 11 is 0. The molecule has 4 fully saturated rings. The Morgan fingerprint density at radius 3 is 2.43 bits per heavy atom. The van der Waals surface area contributed by atoms with Crippen LogP contribution in [0.25, 0.3) is 0 Å². The first-order valence-corrected chi connectivity index (χ1v) is 11.3. The van der Waals surface area contributed by atoms with Gasteiger partial charge in [0.25, 0.3) is 5.91 Å². The van der Waals surface area contributed by atoms with Crippen molar-refractivity contribution in [2.24, 2.45) is 17.1 Å². The maximum Gasteiger partial charge on any atom is 0.254 e. The fourth-order valence-electron chi connectivity index (χ4n) is 5.66. The highest BCUT2D eigenvalue weighted by atomic mass is 16.2. The van der Waals surface area contributed by atoms with Crippen molar-refractivity contribution in [2.45, 2.75) is 75.8 Å². The Kier molecular flexibility index (Phi) is 4.62. The number of carbonyl (C=O) groups excluding carboxylic acids is 2. The van der Waals surface area contributed by atoms with Gasteiger partial charge in [-0.05, 0) is 56.8 Å². The zero-order chi connectivity index (χ0) is 20.9. The molecule has 8 nitrogen and oxygen atoms in total. The van der Waals surface area contributed by atoms with E-state index in [0.717, 1.165) is 38.5 Å². The van der Waals surface area contributed by atoms with Crippen LogP contribution >= 0.6 is 0 Å². The van der Waals surface area contributed by atoms with Gasteiger partial charge in [0.05, 0.1) is 18.0 Å². The zero-order valence-corrected chi connectivity index (χ0v) is 17.4. The molecule has 0 unspecified atom stereocenters. The lowest BCUT2D eigenvalue weighted by atomic mass is 9.62. The van der Waals surface area contributed by atoms with Gasteiger partial charge >= 0.3 is 0 Å². The van der Waals surface area contributed by atoms with E-state index < -0.39 is 11.4 Å². The summed E-state index contributed by atoms with van der Waals surface area (Å²) in [5, 5.41) is 16.9. The Hall–Kier alpha value is -2.40. The van der Waals surface area contributed by atoms with Gasteiger partial charge in [0.15, 0.2) is 5.82 Å². The van der Waals surface area contributed by atoms with Gasteiger partial charge < -0.3 is 11.1 Å². The number of aromatic nitrogens is 2. The van der Waals surface area contributed by atoms with Gasteiger partial charge in [0.2, 0.25) is 5.91 Å². The molecule has 1 aliphatic heterocycles. The first kappa shape index (κ1) is 19.6. The quantitative estimate of drug-likeness (QED) is 0.747. The number of hydrogen-bond donors (Lipinski definition) is 2. The van der Waals surface area contributed by atoms with Crippen molar-refractivity contribution in [1.29, 1.82) is 5.26 Å². The number of nitriles is 1. The Balaban J connectivity index is 1.32. The molecule has 8 heteroatoms. The van der Waals surface area contributed by atoms with Crippen molar-refractivity contribution >= 4 is 17.6 Å². The molecule has 0 aromatic carbocycles. The third kappa shape index (κ3) is 3.29. The van der Waals surface area contributed by atoms with Gasteiger partial charge in [-0.2, -0.15) is 10.4 Å². The molecule has 3 saturated carbocycles. The smallest absolute Gasteiger partial charge is 0.254 e. The van der Waals surface area contributed by atoms with Crippen LogP contribution in [-0.4, -0.2) is 45.6 Å². The fourth-order valence-corrected chi connectivity index (χ4v) is 5.66. The largest absolute Gasteiger partial charge is 0.365 e. The maximum absolute atomic E-state index is 12.2. The Morgan fingerprint density at radius 2 is 1.90 bits per heavy atom. The number of nitrogens with one attached hydrogen (secondary N) is 1. The number of hydrogen-bond acceptors (Lipinski definition) is 5. The predicted octanol–water partition coefficient (Wildman–Crippen LogP) is 2.37. The molecule has 1 aromatic rings. The Bertz CT molecular complexity index is 891. The molecule has 1 aromatic heterocycles. The maximum atomic E-state index is 12.2. The molecule has 3 N–H and O–H groups in total. The fraction of sp³-hybridized carbons (Fsp3) is 0.727. The highest BCUT2D eigenvalue weighted by molar-refractivity contribution is 6.02. The van der Waals surface area contributed by atoms with Crippen LogP contribution in [0, 0.1) is 22.7 Å². The zero-order valence-electron chi connectivity index (χ0n) is 17.4. The van der Waals surface area contributed by atoms with Crippen LogP contribution in [-0.2, 0) is 10.3 Å². The van der Waals surface area contributed by atoms with Crippen LogP contribution in [0.4, 0.5) is 5.82 Å². The summed E-state index contributed by atoms with van der Waals surface area (Å²) in [4.78, 5) is 26.8. The summed E-state index contributed by atoms with van der Waals surface area (Å²) in [6, 6.07) is 2.90. The third-order valence-electron chi connectivity index (χ3n) is 7.96. The molecular weight excluding hydrogens is 380 g/mol. The molecule has 1 saturated heterocycles. The second-order valence-electron chi connectivity index (χ2n) is 10.0. The molecule has 0 atom stereocenters. The second kappa shape index (κ2) is 7.09. The molecular formula is C22H30N6O2. The highest BCUT2D eigenvalue weighted by Crippen LogP contribution is 2.51. The van der Waals surface area contributed by atoms with E-state index in [1.807, 2.05) is 0 Å². The summed E-state index contributed by atoms with van der Waals surface area (Å²) in [5.41, 5.74) is 5.95. The number of likely N-dealkylation sites (tertiary alicyclic amines) is 1. The number of rotatable bonds is 6. The van der Waals surface area contributed by atoms with E-state index in [0.29, 0.717) is 17.9 Å². The first-order valence-electron chi connectivity index (χ1n) is 11.3. The molecule has 1 spiro atoms. The molecule has 30 heavy (non-hydrogen) atoms. The third-order valence-corrected chi connectivity index (χ3v) is 7.96.